The van der Waals surface area contributed by atoms with Crippen LogP contribution >= 0.6 is 11.3 Å². The molecule has 4 heteroatoms. The predicted molar refractivity (Wildman–Crippen MR) is 82.8 cm³/mol. The van der Waals surface area contributed by atoms with Gasteiger partial charge in [0, 0.05) is 12.7 Å². The number of aromatic nitrogens is 1. The highest BCUT2D eigenvalue weighted by atomic mass is 32.1. The molecule has 3 rings (SSSR count). The molecule has 3 aromatic rings. The average Bonchev–Trinajstić information content (AvgIpc) is 2.79. The Balaban J connectivity index is 1.87. The van der Waals surface area contributed by atoms with Gasteiger partial charge in [0.1, 0.15) is 0 Å². The maximum Gasteiger partial charge on any atom is 0.181 e. The molecule has 2 aromatic carbocycles. The summed E-state index contributed by atoms with van der Waals surface area (Å²) in [6.07, 6.45) is 0.928. The minimum absolute atomic E-state index is 0.630. The zero-order chi connectivity index (χ0) is 13.2. The van der Waals surface area contributed by atoms with Gasteiger partial charge in [0.05, 0.1) is 10.2 Å². The summed E-state index contributed by atoms with van der Waals surface area (Å²) in [4.78, 5) is 4.27. The third-order valence-electron chi connectivity index (χ3n) is 3.12. The van der Waals surface area contributed by atoms with Gasteiger partial charge in [0.15, 0.2) is 5.13 Å². The van der Waals surface area contributed by atoms with Gasteiger partial charge in [-0.2, -0.15) is 0 Å². The predicted octanol–water partition coefficient (Wildman–Crippen LogP) is 3.51. The van der Waals surface area contributed by atoms with Gasteiger partial charge in [-0.15, -0.1) is 0 Å². The summed E-state index contributed by atoms with van der Waals surface area (Å²) in [5.74, 6) is 0. The molecule has 0 aliphatic carbocycles. The number of benzene rings is 2. The normalized spacial score (nSPS) is 10.8. The number of hydrogen-bond donors (Lipinski definition) is 2. The van der Waals surface area contributed by atoms with Crippen molar-refractivity contribution in [3.05, 3.63) is 53.6 Å². The maximum atomic E-state index is 5.73. The van der Waals surface area contributed by atoms with Gasteiger partial charge in [0.2, 0.25) is 0 Å². The van der Waals surface area contributed by atoms with Gasteiger partial charge in [-0.05, 0) is 41.8 Å². The lowest BCUT2D eigenvalue weighted by Gasteiger charge is -2.04. The number of hydrogen-bond acceptors (Lipinski definition) is 4. The second kappa shape index (κ2) is 4.90. The van der Waals surface area contributed by atoms with Gasteiger partial charge >= 0.3 is 0 Å². The summed E-state index contributed by atoms with van der Waals surface area (Å²) in [7, 11) is 1.93. The van der Waals surface area contributed by atoms with Crippen molar-refractivity contribution >= 4 is 32.4 Å². The number of nitrogens with zero attached hydrogens (tertiary/aromatic N) is 1. The number of rotatable bonds is 3. The van der Waals surface area contributed by atoms with Crippen LogP contribution in [-0.4, -0.2) is 12.0 Å². The largest absolute Gasteiger partial charge is 0.388 e. The first-order valence-corrected chi connectivity index (χ1v) is 6.98. The van der Waals surface area contributed by atoms with Crippen LogP contribution in [0.1, 0.15) is 11.1 Å². The van der Waals surface area contributed by atoms with E-state index in [-0.39, 0.29) is 0 Å². The smallest absolute Gasteiger partial charge is 0.181 e. The Morgan fingerprint density at radius 1 is 1.11 bits per heavy atom. The average molecular weight is 269 g/mol. The van der Waals surface area contributed by atoms with Crippen LogP contribution < -0.4 is 11.1 Å². The molecule has 1 heterocycles. The minimum atomic E-state index is 0.630. The lowest BCUT2D eigenvalue weighted by Crippen LogP contribution is -1.90. The first-order chi connectivity index (χ1) is 9.24. The van der Waals surface area contributed by atoms with E-state index in [2.05, 4.69) is 46.7 Å². The fourth-order valence-corrected chi connectivity index (χ4v) is 2.92. The van der Waals surface area contributed by atoms with Crippen molar-refractivity contribution in [3.8, 4) is 0 Å². The van der Waals surface area contributed by atoms with E-state index in [4.69, 9.17) is 5.73 Å². The number of fused-ring (bicyclic) bond motifs is 1. The molecule has 0 atom stereocenters. The van der Waals surface area contributed by atoms with E-state index in [1.165, 1.54) is 22.5 Å². The van der Waals surface area contributed by atoms with Crippen LogP contribution in [0.25, 0.3) is 10.2 Å². The molecule has 0 spiro atoms. The fraction of sp³-hybridized carbons (Fsp3) is 0.133. The van der Waals surface area contributed by atoms with Crippen molar-refractivity contribution in [1.29, 1.82) is 0 Å². The Kier molecular flexibility index (Phi) is 3.09. The summed E-state index contributed by atoms with van der Waals surface area (Å²) in [6, 6.07) is 14.8. The van der Waals surface area contributed by atoms with Crippen molar-refractivity contribution in [2.75, 3.05) is 18.1 Å². The number of nitrogens with two attached hydrogens (primary N) is 1. The highest BCUT2D eigenvalue weighted by Gasteiger charge is 2.03. The number of nitrogens with one attached hydrogen (secondary N) is 1. The maximum absolute atomic E-state index is 5.73. The van der Waals surface area contributed by atoms with Gasteiger partial charge in [-0.3, -0.25) is 0 Å². The Hall–Kier alpha value is -2.07. The molecular formula is C15H15N3S. The summed E-state index contributed by atoms with van der Waals surface area (Å²) in [5.41, 5.74) is 10.4. The number of anilines is 2. The van der Waals surface area contributed by atoms with Crippen LogP contribution in [0, 0.1) is 0 Å². The molecular weight excluding hydrogens is 254 g/mol. The third kappa shape index (κ3) is 2.53. The zero-order valence-electron chi connectivity index (χ0n) is 10.7. The van der Waals surface area contributed by atoms with Crippen LogP contribution in [0.4, 0.5) is 10.8 Å². The zero-order valence-corrected chi connectivity index (χ0v) is 11.5. The molecule has 0 aliphatic rings. The molecule has 3 nitrogen and oxygen atoms in total. The van der Waals surface area contributed by atoms with Crippen molar-refractivity contribution in [1.82, 2.24) is 4.98 Å². The molecule has 1 aromatic heterocycles. The first-order valence-electron chi connectivity index (χ1n) is 6.16. The summed E-state index contributed by atoms with van der Waals surface area (Å²) in [6.45, 7) is 0. The fourth-order valence-electron chi connectivity index (χ4n) is 2.12. The van der Waals surface area contributed by atoms with E-state index in [1.54, 1.807) is 0 Å². The lowest BCUT2D eigenvalue weighted by atomic mass is 10.0. The molecule has 0 saturated heterocycles. The summed E-state index contributed by atoms with van der Waals surface area (Å²) >= 11 is 1.54. The summed E-state index contributed by atoms with van der Waals surface area (Å²) < 4.78 is 1.15. The topological polar surface area (TPSA) is 50.9 Å². The van der Waals surface area contributed by atoms with Gasteiger partial charge in [-0.1, -0.05) is 29.5 Å². The molecule has 0 fully saturated rings. The van der Waals surface area contributed by atoms with E-state index >= 15 is 0 Å². The molecule has 0 unspecified atom stereocenters. The van der Waals surface area contributed by atoms with E-state index in [0.717, 1.165) is 22.3 Å². The van der Waals surface area contributed by atoms with Crippen molar-refractivity contribution < 1.29 is 0 Å². The molecule has 0 radical (unpaired) electrons. The quantitative estimate of drug-likeness (QED) is 0.765. The molecule has 0 bridgehead atoms. The van der Waals surface area contributed by atoms with Crippen molar-refractivity contribution in [3.63, 3.8) is 0 Å². The van der Waals surface area contributed by atoms with Crippen molar-refractivity contribution in [2.24, 2.45) is 0 Å². The minimum Gasteiger partial charge on any atom is -0.388 e. The molecule has 0 amide bonds. The standard InChI is InChI=1S/C15H15N3S/c1-17-12-5-2-10(3-6-12)8-11-4-7-13-14(9-11)19-15(16)18-13/h2-7,9,17H,8H2,1H3,(H2,16,18). The molecule has 0 saturated carbocycles. The van der Waals surface area contributed by atoms with E-state index in [9.17, 15) is 0 Å². The van der Waals surface area contributed by atoms with Crippen LogP contribution in [-0.2, 0) is 6.42 Å². The van der Waals surface area contributed by atoms with Crippen LogP contribution in [0.15, 0.2) is 42.5 Å². The van der Waals surface area contributed by atoms with Crippen LogP contribution in [0.2, 0.25) is 0 Å². The van der Waals surface area contributed by atoms with E-state index in [0.29, 0.717) is 5.13 Å². The van der Waals surface area contributed by atoms with E-state index < -0.39 is 0 Å². The second-order valence-electron chi connectivity index (χ2n) is 4.48. The SMILES string of the molecule is CNc1ccc(Cc2ccc3nc(N)sc3c2)cc1. The Morgan fingerprint density at radius 3 is 2.58 bits per heavy atom. The number of thiazole rings is 1. The van der Waals surface area contributed by atoms with Crippen molar-refractivity contribution in [2.45, 2.75) is 6.42 Å². The molecule has 0 aliphatic heterocycles. The van der Waals surface area contributed by atoms with Crippen LogP contribution in [0.5, 0.6) is 0 Å². The second-order valence-corrected chi connectivity index (χ2v) is 5.54. The highest BCUT2D eigenvalue weighted by molar-refractivity contribution is 7.22. The summed E-state index contributed by atoms with van der Waals surface area (Å²) in [5, 5.41) is 3.75. The highest BCUT2D eigenvalue weighted by Crippen LogP contribution is 2.25. The Bertz CT molecular complexity index is 701. The molecule has 19 heavy (non-hydrogen) atoms. The van der Waals surface area contributed by atoms with Gasteiger partial charge in [0.25, 0.3) is 0 Å². The lowest BCUT2D eigenvalue weighted by molar-refractivity contribution is 1.20. The number of nitrogen functional groups attached to an aromatic ring is 1. The monoisotopic (exact) mass is 269 g/mol. The Labute approximate surface area is 116 Å². The van der Waals surface area contributed by atoms with Gasteiger partial charge < -0.3 is 11.1 Å². The first kappa shape index (κ1) is 12.0. The van der Waals surface area contributed by atoms with E-state index in [1.807, 2.05) is 13.1 Å². The molecule has 96 valence electrons. The Morgan fingerprint density at radius 2 is 1.84 bits per heavy atom. The third-order valence-corrected chi connectivity index (χ3v) is 3.97. The van der Waals surface area contributed by atoms with Gasteiger partial charge in [-0.25, -0.2) is 4.98 Å². The van der Waals surface area contributed by atoms with Crippen LogP contribution in [0.3, 0.4) is 0 Å². The molecule has 3 N–H and O–H groups in total.